The maximum atomic E-state index is 12.6. The van der Waals surface area contributed by atoms with E-state index in [9.17, 15) is 9.90 Å². The highest BCUT2D eigenvalue weighted by Crippen LogP contribution is 2.40. The number of aromatic nitrogens is 2. The van der Waals surface area contributed by atoms with Gasteiger partial charge in [-0.15, -0.1) is 11.3 Å². The van der Waals surface area contributed by atoms with Gasteiger partial charge < -0.3 is 20.2 Å². The molecule has 0 spiro atoms. The number of hydrogen-bond donors (Lipinski definition) is 2. The van der Waals surface area contributed by atoms with Crippen LogP contribution in [-0.2, 0) is 0 Å². The molecule has 1 aromatic carbocycles. The zero-order chi connectivity index (χ0) is 17.6. The molecule has 2 aromatic heterocycles. The largest absolute Gasteiger partial charge is 0.508 e. The van der Waals surface area contributed by atoms with E-state index in [-0.39, 0.29) is 11.7 Å². The van der Waals surface area contributed by atoms with Crippen LogP contribution in [0.4, 0.5) is 28.8 Å². The van der Waals surface area contributed by atoms with Gasteiger partial charge in [0, 0.05) is 19.8 Å². The van der Waals surface area contributed by atoms with Gasteiger partial charge in [0.1, 0.15) is 16.3 Å². The summed E-state index contributed by atoms with van der Waals surface area (Å²) in [5.74, 6) is 1.18. The highest BCUT2D eigenvalue weighted by Gasteiger charge is 2.30. The van der Waals surface area contributed by atoms with Crippen molar-refractivity contribution in [3.8, 4) is 5.75 Å². The third kappa shape index (κ3) is 2.56. The first-order valence-electron chi connectivity index (χ1n) is 7.57. The van der Waals surface area contributed by atoms with Crippen molar-refractivity contribution in [1.82, 2.24) is 9.97 Å². The summed E-state index contributed by atoms with van der Waals surface area (Å²) in [4.78, 5) is 25.7. The zero-order valence-corrected chi connectivity index (χ0v) is 14.4. The van der Waals surface area contributed by atoms with Crippen LogP contribution in [0.5, 0.6) is 5.75 Å². The van der Waals surface area contributed by atoms with Crippen molar-refractivity contribution in [2.24, 2.45) is 0 Å². The van der Waals surface area contributed by atoms with Crippen LogP contribution in [0.1, 0.15) is 9.67 Å². The predicted octanol–water partition coefficient (Wildman–Crippen LogP) is 3.35. The number of thiophene rings is 1. The number of fused-ring (bicyclic) bond motifs is 2. The summed E-state index contributed by atoms with van der Waals surface area (Å²) in [5, 5.41) is 14.4. The lowest BCUT2D eigenvalue weighted by Gasteiger charge is -2.20. The molecule has 1 aliphatic heterocycles. The molecule has 0 unspecified atom stereocenters. The zero-order valence-electron chi connectivity index (χ0n) is 13.6. The van der Waals surface area contributed by atoms with Crippen LogP contribution in [0.2, 0.25) is 0 Å². The molecular weight excluding hydrogens is 338 g/mol. The predicted molar refractivity (Wildman–Crippen MR) is 98.5 cm³/mol. The van der Waals surface area contributed by atoms with E-state index in [4.69, 9.17) is 0 Å². The Morgan fingerprint density at radius 1 is 1.08 bits per heavy atom. The quantitative estimate of drug-likeness (QED) is 0.688. The van der Waals surface area contributed by atoms with Crippen molar-refractivity contribution in [1.29, 1.82) is 0 Å². The lowest BCUT2D eigenvalue weighted by Crippen LogP contribution is -2.25. The van der Waals surface area contributed by atoms with Gasteiger partial charge in [-0.25, -0.2) is 4.98 Å². The molecule has 0 atom stereocenters. The number of carbonyl (C=O) groups is 1. The van der Waals surface area contributed by atoms with Crippen LogP contribution < -0.4 is 15.1 Å². The Morgan fingerprint density at radius 3 is 2.60 bits per heavy atom. The first kappa shape index (κ1) is 15.4. The van der Waals surface area contributed by atoms with Gasteiger partial charge in [0.2, 0.25) is 5.95 Å². The summed E-state index contributed by atoms with van der Waals surface area (Å²) < 4.78 is 0. The number of hydrogen-bond acceptors (Lipinski definition) is 7. The number of phenols is 1. The van der Waals surface area contributed by atoms with E-state index in [1.165, 1.54) is 11.3 Å². The van der Waals surface area contributed by atoms with Gasteiger partial charge in [-0.3, -0.25) is 4.79 Å². The maximum Gasteiger partial charge on any atom is 0.270 e. The van der Waals surface area contributed by atoms with Crippen molar-refractivity contribution in [3.05, 3.63) is 46.8 Å². The average Bonchev–Trinajstić information content (AvgIpc) is 3.09. The minimum Gasteiger partial charge on any atom is -0.508 e. The summed E-state index contributed by atoms with van der Waals surface area (Å²) >= 11 is 1.41. The number of carbonyl (C=O) groups excluding carboxylic acids is 1. The van der Waals surface area contributed by atoms with Crippen LogP contribution in [0.3, 0.4) is 0 Å². The van der Waals surface area contributed by atoms with Crippen molar-refractivity contribution >= 4 is 46.1 Å². The smallest absolute Gasteiger partial charge is 0.270 e. The van der Waals surface area contributed by atoms with Crippen LogP contribution >= 0.6 is 11.3 Å². The van der Waals surface area contributed by atoms with Gasteiger partial charge in [-0.2, -0.15) is 4.98 Å². The molecule has 2 N–H and O–H groups in total. The van der Waals surface area contributed by atoms with Gasteiger partial charge in [-0.05, 0) is 35.7 Å². The maximum absolute atomic E-state index is 12.6. The van der Waals surface area contributed by atoms with Gasteiger partial charge in [0.25, 0.3) is 5.91 Å². The molecule has 1 aliphatic rings. The molecule has 3 heterocycles. The summed E-state index contributed by atoms with van der Waals surface area (Å²) in [6, 6.07) is 8.56. The summed E-state index contributed by atoms with van der Waals surface area (Å²) in [6.07, 6.45) is 1.63. The van der Waals surface area contributed by atoms with Crippen molar-refractivity contribution in [2.75, 3.05) is 29.2 Å². The van der Waals surface area contributed by atoms with E-state index in [1.54, 1.807) is 42.4 Å². The molecule has 0 bridgehead atoms. The molecule has 0 saturated carbocycles. The fraction of sp³-hybridized carbons (Fsp3) is 0.118. The highest BCUT2D eigenvalue weighted by molar-refractivity contribution is 7.12. The second kappa shape index (κ2) is 5.75. The second-order valence-corrected chi connectivity index (χ2v) is 6.55. The SMILES string of the molecule is CN1C(=O)c2sccc2N(C)c2nc(Nc3ccc(O)cc3)ncc21. The van der Waals surface area contributed by atoms with Gasteiger partial charge in [0.05, 0.1) is 11.9 Å². The first-order valence-corrected chi connectivity index (χ1v) is 8.45. The van der Waals surface area contributed by atoms with Crippen molar-refractivity contribution in [2.45, 2.75) is 0 Å². The molecule has 25 heavy (non-hydrogen) atoms. The molecule has 1 amide bonds. The number of phenolic OH excluding ortho intramolecular Hbond substituents is 1. The minimum absolute atomic E-state index is 0.0709. The Kier molecular flexibility index (Phi) is 3.54. The molecule has 0 saturated heterocycles. The van der Waals surface area contributed by atoms with Crippen molar-refractivity contribution < 1.29 is 9.90 Å². The standard InChI is InChI=1S/C17H15N5O2S/c1-21-12-7-8-25-14(12)16(24)22(2)13-9-18-17(20-15(13)21)19-10-3-5-11(23)6-4-10/h3-9,23H,1-2H3,(H,18,19,20). The Hall–Kier alpha value is -3.13. The number of anilines is 5. The summed E-state index contributed by atoms with van der Waals surface area (Å²) in [5.41, 5.74) is 2.23. The molecule has 7 nitrogen and oxygen atoms in total. The van der Waals surface area contributed by atoms with E-state index < -0.39 is 0 Å². The highest BCUT2D eigenvalue weighted by atomic mass is 32.1. The summed E-state index contributed by atoms with van der Waals surface area (Å²) in [6.45, 7) is 0. The lowest BCUT2D eigenvalue weighted by atomic mass is 10.3. The first-order chi connectivity index (χ1) is 12.0. The van der Waals surface area contributed by atoms with Gasteiger partial charge in [0.15, 0.2) is 5.82 Å². The van der Waals surface area contributed by atoms with Crippen molar-refractivity contribution in [3.63, 3.8) is 0 Å². The fourth-order valence-electron chi connectivity index (χ4n) is 2.69. The number of rotatable bonds is 2. The Bertz CT molecular complexity index is 954. The second-order valence-electron chi connectivity index (χ2n) is 5.63. The third-order valence-corrected chi connectivity index (χ3v) is 4.95. The van der Waals surface area contributed by atoms with Crippen LogP contribution in [-0.4, -0.2) is 35.1 Å². The minimum atomic E-state index is -0.0709. The Balaban J connectivity index is 1.76. The number of nitrogens with one attached hydrogen (secondary N) is 1. The normalized spacial score (nSPS) is 13.3. The molecule has 8 heteroatoms. The van der Waals surface area contributed by atoms with E-state index in [2.05, 4.69) is 15.3 Å². The average molecular weight is 353 g/mol. The number of amides is 1. The molecule has 0 aliphatic carbocycles. The monoisotopic (exact) mass is 353 g/mol. The van der Waals surface area contributed by atoms with Crippen LogP contribution in [0, 0.1) is 0 Å². The van der Waals surface area contributed by atoms with E-state index in [1.807, 2.05) is 23.4 Å². The molecule has 0 fully saturated rings. The van der Waals surface area contributed by atoms with Gasteiger partial charge >= 0.3 is 0 Å². The Labute approximate surface area is 148 Å². The molecule has 4 rings (SSSR count). The molecule has 0 radical (unpaired) electrons. The lowest BCUT2D eigenvalue weighted by molar-refractivity contribution is 0.0998. The molecule has 3 aromatic rings. The fourth-order valence-corrected chi connectivity index (χ4v) is 3.58. The summed E-state index contributed by atoms with van der Waals surface area (Å²) in [7, 11) is 3.61. The number of aromatic hydroxyl groups is 1. The Morgan fingerprint density at radius 2 is 1.84 bits per heavy atom. The van der Waals surface area contributed by atoms with Gasteiger partial charge in [-0.1, -0.05) is 0 Å². The topological polar surface area (TPSA) is 81.6 Å². The number of benzene rings is 1. The van der Waals surface area contributed by atoms with E-state index >= 15 is 0 Å². The van der Waals surface area contributed by atoms with Crippen LogP contribution in [0.25, 0.3) is 0 Å². The molecule has 126 valence electrons. The molecular formula is C17H15N5O2S. The van der Waals surface area contributed by atoms with E-state index in [0.717, 1.165) is 11.4 Å². The van der Waals surface area contributed by atoms with Crippen LogP contribution in [0.15, 0.2) is 41.9 Å². The number of nitrogens with zero attached hydrogens (tertiary/aromatic N) is 4. The van der Waals surface area contributed by atoms with E-state index in [0.29, 0.717) is 22.3 Å². The third-order valence-electron chi connectivity index (χ3n) is 4.06.